The predicted molar refractivity (Wildman–Crippen MR) is 260 cm³/mol. The number of hydrogen-bond donors (Lipinski definition) is 4. The molecule has 0 aliphatic heterocycles. The zero-order chi connectivity index (χ0) is 46.3. The van der Waals surface area contributed by atoms with Gasteiger partial charge in [0.15, 0.2) is 10.3 Å². The molecule has 8 aromatic rings. The minimum Gasteiger partial charge on any atom is -0.731 e. The fourth-order valence-electron chi connectivity index (χ4n) is 6.38. The van der Waals surface area contributed by atoms with E-state index in [4.69, 9.17) is 19.4 Å². The van der Waals surface area contributed by atoms with E-state index in [1.807, 2.05) is 76.1 Å². The quantitative estimate of drug-likeness (QED) is 0.0226. The normalized spacial score (nSPS) is 11.7. The van der Waals surface area contributed by atoms with Crippen LogP contribution in [-0.4, -0.2) is 50.8 Å². The maximum atomic E-state index is 11.0. The third-order valence-corrected chi connectivity index (χ3v) is 13.4. The van der Waals surface area contributed by atoms with Gasteiger partial charge in [0.1, 0.15) is 44.6 Å². The molecule has 4 heterocycles. The summed E-state index contributed by atoms with van der Waals surface area (Å²) in [6.45, 7) is 0.902. The van der Waals surface area contributed by atoms with E-state index in [2.05, 4.69) is 20.6 Å². The molecule has 23 heteroatoms. The number of carbonyl (C=O) groups excluding carboxylic acids is 2. The molecule has 0 saturated heterocycles. The second-order valence-corrected chi connectivity index (χ2v) is 18.5. The van der Waals surface area contributed by atoms with E-state index in [1.54, 1.807) is 46.6 Å². The van der Waals surface area contributed by atoms with Crippen molar-refractivity contribution in [3.63, 3.8) is 0 Å². The van der Waals surface area contributed by atoms with Crippen molar-refractivity contribution in [1.29, 1.82) is 0 Å². The summed E-state index contributed by atoms with van der Waals surface area (Å²) in [5.41, 5.74) is 10.4. The molecule has 18 nitrogen and oxygen atoms in total. The van der Waals surface area contributed by atoms with Crippen molar-refractivity contribution in [2.75, 3.05) is 15.4 Å². The van der Waals surface area contributed by atoms with E-state index < -0.39 is 15.2 Å². The van der Waals surface area contributed by atoms with Gasteiger partial charge in [-0.05, 0) is 36.1 Å². The fourth-order valence-corrected chi connectivity index (χ4v) is 10.0. The zero-order valence-electron chi connectivity index (χ0n) is 35.3. The summed E-state index contributed by atoms with van der Waals surface area (Å²) in [4.78, 5) is 50.0. The minimum atomic E-state index is -4.59. The Balaban J connectivity index is 0.000000218. The second-order valence-electron chi connectivity index (χ2n) is 13.9. The Morgan fingerprint density at radius 1 is 0.642 bits per heavy atom. The Morgan fingerprint density at radius 3 is 1.48 bits per heavy atom. The number of benzene rings is 4. The van der Waals surface area contributed by atoms with E-state index in [0.29, 0.717) is 37.2 Å². The van der Waals surface area contributed by atoms with Gasteiger partial charge in [0.05, 0.1) is 39.4 Å². The molecule has 8 rings (SSSR count). The van der Waals surface area contributed by atoms with E-state index in [9.17, 15) is 32.7 Å². The summed E-state index contributed by atoms with van der Waals surface area (Å²) >= 11 is 5.89. The van der Waals surface area contributed by atoms with Gasteiger partial charge in [-0.3, -0.25) is 24.4 Å². The first-order valence-corrected chi connectivity index (χ1v) is 24.5. The lowest BCUT2D eigenvalue weighted by molar-refractivity contribution is -0.384. The van der Waals surface area contributed by atoms with Crippen molar-refractivity contribution >= 4 is 90.0 Å². The van der Waals surface area contributed by atoms with Crippen molar-refractivity contribution in [2.45, 2.75) is 38.1 Å². The average Bonchev–Trinajstić information content (AvgIpc) is 4.17. The number of thiazole rings is 4. The number of nitro benzene ring substituents is 1. The van der Waals surface area contributed by atoms with Gasteiger partial charge in [-0.1, -0.05) is 84.9 Å². The number of nitro groups is 1. The molecule has 67 heavy (non-hydrogen) atoms. The van der Waals surface area contributed by atoms with Crippen molar-refractivity contribution in [3.05, 3.63) is 175 Å². The van der Waals surface area contributed by atoms with E-state index in [1.165, 1.54) is 58.3 Å². The highest BCUT2D eigenvalue weighted by Gasteiger charge is 2.22. The van der Waals surface area contributed by atoms with Crippen LogP contribution in [0, 0.1) is 10.1 Å². The summed E-state index contributed by atoms with van der Waals surface area (Å²) in [7, 11) is -4.59. The topological polar surface area (TPSA) is 277 Å². The van der Waals surface area contributed by atoms with Crippen LogP contribution in [-0.2, 0) is 55.4 Å². The Hall–Kier alpha value is -6.99. The average molecular weight is 1000 g/mol. The highest BCUT2D eigenvalue weighted by molar-refractivity contribution is 7.87. The van der Waals surface area contributed by atoms with Gasteiger partial charge >= 0.3 is 0 Å². The molecule has 0 saturated carbocycles. The molecule has 0 spiro atoms. The van der Waals surface area contributed by atoms with Gasteiger partial charge in [0, 0.05) is 39.7 Å². The molecule has 7 N–H and O–H groups in total. The highest BCUT2D eigenvalue weighted by atomic mass is 32.2. The Kier molecular flexibility index (Phi) is 17.7. The molecule has 4 aromatic carbocycles. The number of hydrogen-bond acceptors (Lipinski definition) is 19. The summed E-state index contributed by atoms with van der Waals surface area (Å²) in [6.07, 6.45) is 1.08. The van der Waals surface area contributed by atoms with Crippen molar-refractivity contribution in [2.24, 2.45) is 0 Å². The maximum absolute atomic E-state index is 11.0. The van der Waals surface area contributed by atoms with Gasteiger partial charge < -0.3 is 30.8 Å². The summed E-state index contributed by atoms with van der Waals surface area (Å²) in [6, 6.07) is 32.4. The number of ether oxygens (including phenoxy) is 2. The predicted octanol–water partition coefficient (Wildman–Crippen LogP) is 9.83. The number of aromatic nitrogens is 4. The summed E-state index contributed by atoms with van der Waals surface area (Å²) in [5.74, 6) is 0. The Labute approximate surface area is 400 Å². The van der Waals surface area contributed by atoms with Gasteiger partial charge in [-0.25, -0.2) is 28.4 Å². The Bertz CT molecular complexity index is 2930. The largest absolute Gasteiger partial charge is 0.731 e. The van der Waals surface area contributed by atoms with Crippen LogP contribution in [0.3, 0.4) is 0 Å². The van der Waals surface area contributed by atoms with Gasteiger partial charge in [0.25, 0.3) is 18.6 Å². The monoisotopic (exact) mass is 999 g/mol. The molecule has 346 valence electrons. The van der Waals surface area contributed by atoms with Gasteiger partial charge in [-0.2, -0.15) is 0 Å². The molecule has 0 aliphatic rings. The number of nitrogens with zero attached hydrogens (tertiary/aromatic N) is 5. The number of carbonyl (C=O) groups is 2. The van der Waals surface area contributed by atoms with Crippen LogP contribution in [0.1, 0.15) is 46.0 Å². The first kappa shape index (κ1) is 49.4. The highest BCUT2D eigenvalue weighted by Crippen LogP contribution is 2.34. The number of non-ortho nitro benzene ring substituents is 1. The van der Waals surface area contributed by atoms with E-state index in [0.717, 1.165) is 53.7 Å². The Morgan fingerprint density at radius 2 is 1.07 bits per heavy atom. The number of nitrogens with one attached hydrogen (secondary N) is 3. The van der Waals surface area contributed by atoms with Crippen molar-refractivity contribution in [1.82, 2.24) is 26.1 Å². The zero-order valence-corrected chi connectivity index (χ0v) is 39.4. The molecule has 0 amide bonds. The first-order valence-electron chi connectivity index (χ1n) is 19.6. The molecular weight excluding hydrogens is 959 g/mol. The SMILES string of the molecule is O=COCc1ncsc1N[C@@H](Cc1ccc(NS(=O)(=O)[O-])cc1)c1csc(-c2ccccc2)n1.O=COCc1ncsc1N[C@@H](Cc1ccc([N+](=O)[O-])cc1)c1csc(-c2ccccc2)n1.[NH4+]. The van der Waals surface area contributed by atoms with Crippen molar-refractivity contribution < 1.29 is 37.0 Å². The molecule has 4 aromatic heterocycles. The number of anilines is 3. The van der Waals surface area contributed by atoms with Crippen LogP contribution in [0.5, 0.6) is 0 Å². The summed E-state index contributed by atoms with van der Waals surface area (Å²) < 4.78 is 44.5. The van der Waals surface area contributed by atoms with Crippen LogP contribution in [0.4, 0.5) is 21.4 Å². The van der Waals surface area contributed by atoms with Crippen molar-refractivity contribution in [3.8, 4) is 21.1 Å². The minimum absolute atomic E-state index is 0. The molecule has 0 bridgehead atoms. The second kappa shape index (κ2) is 24.0. The maximum Gasteiger partial charge on any atom is 0.293 e. The van der Waals surface area contributed by atoms with Gasteiger partial charge in [-0.15, -0.1) is 45.3 Å². The van der Waals surface area contributed by atoms with Crippen LogP contribution in [0.25, 0.3) is 21.1 Å². The lowest BCUT2D eigenvalue weighted by atomic mass is 10.0. The molecule has 2 atom stereocenters. The standard InChI is InChI=1S/C22H20N4O5S3.C22H18N4O4S2.H3N/c27-14-31-11-19-22(33-13-23-19)24-18(10-15-6-8-17(9-7-15)26-34(28,29)30)20-12-32-21(25-20)16-4-2-1-3-5-16;27-14-30-11-19-22(32-13-23-19)24-18(10-15-6-8-17(9-7-15)26(28)29)20-12-31-21(25-20)16-4-2-1-3-5-16;/h1-9,12-14,18,24,26H,10-11H2,(H,28,29,30);1-9,12-14,18,24H,10-11H2;1H3/t2*18-;/m00./s1. The lowest BCUT2D eigenvalue weighted by Gasteiger charge is -2.18. The molecule has 0 aliphatic carbocycles. The van der Waals surface area contributed by atoms with E-state index in [-0.39, 0.29) is 42.8 Å². The molecule has 0 fully saturated rings. The van der Waals surface area contributed by atoms with E-state index >= 15 is 0 Å². The van der Waals surface area contributed by atoms with Crippen LogP contribution in [0.15, 0.2) is 131 Å². The van der Waals surface area contributed by atoms with Crippen LogP contribution < -0.4 is 21.5 Å². The smallest absolute Gasteiger partial charge is 0.293 e. The third kappa shape index (κ3) is 14.3. The molecule has 0 unspecified atom stereocenters. The lowest BCUT2D eigenvalue weighted by Crippen LogP contribution is -2.15. The molecular formula is C44H41N9O9S5. The molecule has 0 radical (unpaired) electrons. The number of rotatable bonds is 21. The first-order chi connectivity index (χ1) is 32.0. The summed E-state index contributed by atoms with van der Waals surface area (Å²) in [5, 5.41) is 25.2. The fraction of sp³-hybridized carbons (Fsp3) is 0.136. The number of quaternary nitrogens is 1. The van der Waals surface area contributed by atoms with Crippen LogP contribution >= 0.6 is 45.3 Å². The van der Waals surface area contributed by atoms with Crippen LogP contribution in [0.2, 0.25) is 0 Å². The van der Waals surface area contributed by atoms with Gasteiger partial charge in [0.2, 0.25) is 0 Å². The third-order valence-electron chi connectivity index (χ3n) is 9.49.